The number of nitrogens with zero attached hydrogens (tertiary/aromatic N) is 1. The van der Waals surface area contributed by atoms with Crippen LogP contribution >= 0.6 is 0 Å². The summed E-state index contributed by atoms with van der Waals surface area (Å²) >= 11 is 0. The average molecular weight is 323 g/mol. The van der Waals surface area contributed by atoms with Gasteiger partial charge in [0.25, 0.3) is 0 Å². The standard InChI is InChI=1S/C20H21NO3/c1-12(22)21-9-8-14-11-17(23-2)20(24-3)19-15-7-5-4-6-13(15)10-16(21)18(14)19/h4-7,11,16H,8-10H2,1-3H3. The molecule has 0 N–H and O–H groups in total. The lowest BCUT2D eigenvalue weighted by Gasteiger charge is -2.42. The molecule has 1 atom stereocenters. The van der Waals surface area contributed by atoms with E-state index in [9.17, 15) is 4.79 Å². The van der Waals surface area contributed by atoms with E-state index < -0.39 is 0 Å². The Kier molecular flexibility index (Phi) is 3.48. The number of amides is 1. The zero-order chi connectivity index (χ0) is 16.8. The summed E-state index contributed by atoms with van der Waals surface area (Å²) in [5, 5.41) is 0. The zero-order valence-corrected chi connectivity index (χ0v) is 14.3. The van der Waals surface area contributed by atoms with Gasteiger partial charge in [0.15, 0.2) is 11.5 Å². The van der Waals surface area contributed by atoms with Gasteiger partial charge in [0, 0.05) is 19.0 Å². The molecule has 0 fully saturated rings. The fraction of sp³-hybridized carbons (Fsp3) is 0.350. The predicted molar refractivity (Wildman–Crippen MR) is 92.5 cm³/mol. The Bertz CT molecular complexity index is 828. The van der Waals surface area contributed by atoms with E-state index >= 15 is 0 Å². The van der Waals surface area contributed by atoms with E-state index in [-0.39, 0.29) is 11.9 Å². The number of hydrogen-bond acceptors (Lipinski definition) is 3. The third-order valence-corrected chi connectivity index (χ3v) is 5.23. The van der Waals surface area contributed by atoms with Crippen molar-refractivity contribution in [1.29, 1.82) is 0 Å². The minimum atomic E-state index is 0.0796. The van der Waals surface area contributed by atoms with Crippen LogP contribution in [-0.2, 0) is 17.6 Å². The smallest absolute Gasteiger partial charge is 0.219 e. The summed E-state index contributed by atoms with van der Waals surface area (Å²) in [6.07, 6.45) is 1.70. The van der Waals surface area contributed by atoms with Crippen molar-refractivity contribution in [3.63, 3.8) is 0 Å². The average Bonchev–Trinajstić information content (AvgIpc) is 2.60. The first-order valence-corrected chi connectivity index (χ1v) is 8.29. The van der Waals surface area contributed by atoms with E-state index in [4.69, 9.17) is 9.47 Å². The summed E-state index contributed by atoms with van der Waals surface area (Å²) in [6, 6.07) is 10.5. The van der Waals surface area contributed by atoms with Crippen LogP contribution in [0.5, 0.6) is 11.5 Å². The molecule has 0 saturated carbocycles. The predicted octanol–water partition coefficient (Wildman–Crippen LogP) is 3.37. The molecular weight excluding hydrogens is 302 g/mol. The minimum Gasteiger partial charge on any atom is -0.493 e. The highest BCUT2D eigenvalue weighted by molar-refractivity contribution is 5.85. The van der Waals surface area contributed by atoms with Gasteiger partial charge in [-0.15, -0.1) is 0 Å². The molecule has 0 radical (unpaired) electrons. The van der Waals surface area contributed by atoms with Gasteiger partial charge in [-0.3, -0.25) is 4.79 Å². The molecule has 1 unspecified atom stereocenters. The normalized spacial score (nSPS) is 17.8. The van der Waals surface area contributed by atoms with Crippen molar-refractivity contribution in [1.82, 2.24) is 4.90 Å². The molecule has 4 heteroatoms. The van der Waals surface area contributed by atoms with Crippen molar-refractivity contribution in [3.8, 4) is 22.6 Å². The van der Waals surface area contributed by atoms with Crippen LogP contribution < -0.4 is 9.47 Å². The van der Waals surface area contributed by atoms with Gasteiger partial charge < -0.3 is 14.4 Å². The molecule has 1 aliphatic heterocycles. The second-order valence-corrected chi connectivity index (χ2v) is 6.40. The first-order valence-electron chi connectivity index (χ1n) is 8.29. The fourth-order valence-corrected chi connectivity index (χ4v) is 4.21. The first kappa shape index (κ1) is 15.1. The number of ether oxygens (including phenoxy) is 2. The minimum absolute atomic E-state index is 0.0796. The molecule has 1 heterocycles. The Morgan fingerprint density at radius 3 is 2.67 bits per heavy atom. The highest BCUT2D eigenvalue weighted by Gasteiger charge is 2.38. The third kappa shape index (κ3) is 2.02. The van der Waals surface area contributed by atoms with Crippen LogP contribution in [0.4, 0.5) is 0 Å². The van der Waals surface area contributed by atoms with Crippen LogP contribution in [0.1, 0.15) is 29.7 Å². The van der Waals surface area contributed by atoms with Crippen LogP contribution in [-0.4, -0.2) is 31.6 Å². The Morgan fingerprint density at radius 1 is 1.17 bits per heavy atom. The molecule has 4 nitrogen and oxygen atoms in total. The summed E-state index contributed by atoms with van der Waals surface area (Å²) in [7, 11) is 3.35. The maximum Gasteiger partial charge on any atom is 0.219 e. The number of hydrogen-bond donors (Lipinski definition) is 0. The van der Waals surface area contributed by atoms with Crippen LogP contribution in [0.25, 0.3) is 11.1 Å². The molecular formula is C20H21NO3. The first-order chi connectivity index (χ1) is 11.7. The highest BCUT2D eigenvalue weighted by atomic mass is 16.5. The molecule has 1 aliphatic carbocycles. The van der Waals surface area contributed by atoms with E-state index in [1.807, 2.05) is 4.90 Å². The van der Waals surface area contributed by atoms with Gasteiger partial charge in [-0.1, -0.05) is 24.3 Å². The quantitative estimate of drug-likeness (QED) is 0.850. The summed E-state index contributed by atoms with van der Waals surface area (Å²) in [6.45, 7) is 2.41. The van der Waals surface area contributed by atoms with Crippen molar-refractivity contribution in [2.75, 3.05) is 20.8 Å². The van der Waals surface area contributed by atoms with Gasteiger partial charge in [-0.05, 0) is 41.2 Å². The lowest BCUT2D eigenvalue weighted by atomic mass is 9.76. The molecule has 0 spiro atoms. The summed E-state index contributed by atoms with van der Waals surface area (Å²) in [5.41, 5.74) is 6.02. The van der Waals surface area contributed by atoms with Crippen molar-refractivity contribution >= 4 is 5.91 Å². The number of rotatable bonds is 2. The van der Waals surface area contributed by atoms with E-state index in [1.165, 1.54) is 22.3 Å². The van der Waals surface area contributed by atoms with Crippen molar-refractivity contribution in [3.05, 3.63) is 47.0 Å². The maximum atomic E-state index is 12.2. The van der Waals surface area contributed by atoms with Crippen LogP contribution in [0.3, 0.4) is 0 Å². The van der Waals surface area contributed by atoms with Gasteiger partial charge in [-0.25, -0.2) is 0 Å². The van der Waals surface area contributed by atoms with Gasteiger partial charge in [0.2, 0.25) is 5.91 Å². The summed E-state index contributed by atoms with van der Waals surface area (Å²) < 4.78 is 11.3. The highest BCUT2D eigenvalue weighted by Crippen LogP contribution is 2.52. The second-order valence-electron chi connectivity index (χ2n) is 6.40. The third-order valence-electron chi connectivity index (χ3n) is 5.23. The monoisotopic (exact) mass is 323 g/mol. The van der Waals surface area contributed by atoms with E-state index in [0.717, 1.165) is 36.4 Å². The van der Waals surface area contributed by atoms with Crippen LogP contribution in [0, 0.1) is 0 Å². The molecule has 2 aromatic rings. The van der Waals surface area contributed by atoms with E-state index in [0.29, 0.717) is 0 Å². The van der Waals surface area contributed by atoms with E-state index in [2.05, 4.69) is 30.3 Å². The van der Waals surface area contributed by atoms with Crippen molar-refractivity contribution in [2.45, 2.75) is 25.8 Å². The molecule has 2 aliphatic rings. The number of methoxy groups -OCH3 is 2. The zero-order valence-electron chi connectivity index (χ0n) is 14.3. The largest absolute Gasteiger partial charge is 0.493 e. The molecule has 124 valence electrons. The molecule has 0 aromatic heterocycles. The Labute approximate surface area is 142 Å². The molecule has 0 saturated heterocycles. The lowest BCUT2D eigenvalue weighted by molar-refractivity contribution is -0.131. The van der Waals surface area contributed by atoms with Crippen LogP contribution in [0.15, 0.2) is 30.3 Å². The number of benzene rings is 2. The number of carbonyl (C=O) groups is 1. The van der Waals surface area contributed by atoms with E-state index in [1.54, 1.807) is 21.1 Å². The van der Waals surface area contributed by atoms with Crippen molar-refractivity contribution in [2.24, 2.45) is 0 Å². The van der Waals surface area contributed by atoms with Crippen LogP contribution in [0.2, 0.25) is 0 Å². The fourth-order valence-electron chi connectivity index (χ4n) is 4.21. The lowest BCUT2D eigenvalue weighted by Crippen LogP contribution is -2.41. The summed E-state index contributed by atoms with van der Waals surface area (Å²) in [5.74, 6) is 1.66. The number of carbonyl (C=O) groups excluding carboxylic acids is 1. The van der Waals surface area contributed by atoms with Crippen molar-refractivity contribution < 1.29 is 14.3 Å². The SMILES string of the molecule is COc1cc2c3c(c1OC)-c1ccccc1CC3N(C(C)=O)CC2. The van der Waals surface area contributed by atoms with Gasteiger partial charge >= 0.3 is 0 Å². The molecule has 24 heavy (non-hydrogen) atoms. The maximum absolute atomic E-state index is 12.2. The van der Waals surface area contributed by atoms with Gasteiger partial charge in [-0.2, -0.15) is 0 Å². The second kappa shape index (κ2) is 5.55. The molecule has 2 aromatic carbocycles. The van der Waals surface area contributed by atoms with Gasteiger partial charge in [0.05, 0.1) is 20.3 Å². The topological polar surface area (TPSA) is 38.8 Å². The number of fused-ring (bicyclic) bond motifs is 2. The van der Waals surface area contributed by atoms with Gasteiger partial charge in [0.1, 0.15) is 0 Å². The molecule has 1 amide bonds. The Hall–Kier alpha value is -2.49. The molecule has 0 bridgehead atoms. The Morgan fingerprint density at radius 2 is 1.96 bits per heavy atom. The molecule has 4 rings (SSSR count). The Balaban J connectivity index is 2.06. The summed E-state index contributed by atoms with van der Waals surface area (Å²) in [4.78, 5) is 14.2.